The van der Waals surface area contributed by atoms with Gasteiger partial charge in [0.25, 0.3) is 0 Å². The second-order valence-corrected chi connectivity index (χ2v) is 9.32. The maximum atomic E-state index is 9.33. The van der Waals surface area contributed by atoms with Crippen LogP contribution < -0.4 is 4.74 Å². The van der Waals surface area contributed by atoms with Gasteiger partial charge in [-0.3, -0.25) is 19.2 Å². The van der Waals surface area contributed by atoms with Crippen LogP contribution in [0.15, 0.2) is 0 Å². The summed E-state index contributed by atoms with van der Waals surface area (Å²) in [5, 5.41) is 18.2. The number of aliphatic hydroxyl groups is 1. The second kappa shape index (κ2) is 7.35. The van der Waals surface area contributed by atoms with Gasteiger partial charge >= 0.3 is 0 Å². The van der Waals surface area contributed by atoms with Crippen LogP contribution in [-0.2, 0) is 33.5 Å². The largest absolute Gasteiger partial charge is 0.480 e. The van der Waals surface area contributed by atoms with E-state index in [-0.39, 0.29) is 6.61 Å². The van der Waals surface area contributed by atoms with Gasteiger partial charge in [-0.2, -0.15) is 5.10 Å². The summed E-state index contributed by atoms with van der Waals surface area (Å²) in [4.78, 5) is 4.93. The molecule has 2 fully saturated rings. The number of aliphatic hydroxyl groups excluding tert-OH is 1. The van der Waals surface area contributed by atoms with E-state index in [2.05, 4.69) is 34.1 Å². The zero-order valence-corrected chi connectivity index (χ0v) is 18.8. The fourth-order valence-electron chi connectivity index (χ4n) is 6.31. The van der Waals surface area contributed by atoms with Crippen molar-refractivity contribution in [2.45, 2.75) is 69.3 Å². The summed E-state index contributed by atoms with van der Waals surface area (Å²) in [6.45, 7) is 0.0676. The molecule has 4 unspecified atom stereocenters. The topological polar surface area (TPSA) is 71.6 Å². The van der Waals surface area contributed by atoms with Crippen LogP contribution in [0.5, 0.6) is 5.88 Å². The molecule has 0 aromatic carbocycles. The zero-order chi connectivity index (χ0) is 21.2. The van der Waals surface area contributed by atoms with Crippen LogP contribution >= 0.6 is 0 Å². The Hall–Kier alpha value is -1.90. The Kier molecular flexibility index (Phi) is 4.91. The van der Waals surface area contributed by atoms with Crippen LogP contribution in [0.1, 0.15) is 66.0 Å². The molecule has 2 saturated heterocycles. The lowest BCUT2D eigenvalue weighted by Crippen LogP contribution is -2.34. The van der Waals surface area contributed by atoms with E-state index in [1.54, 1.807) is 7.11 Å². The minimum Gasteiger partial charge on any atom is -0.480 e. The summed E-state index contributed by atoms with van der Waals surface area (Å²) in [5.74, 6) is 0.824. The van der Waals surface area contributed by atoms with E-state index in [1.165, 1.54) is 48.2 Å². The van der Waals surface area contributed by atoms with E-state index in [0.717, 1.165) is 24.4 Å². The molecular weight excluding hydrogens is 380 g/mol. The summed E-state index contributed by atoms with van der Waals surface area (Å²) in [7, 11) is 10.1. The van der Waals surface area contributed by atoms with E-state index in [9.17, 15) is 5.11 Å². The first-order valence-electron chi connectivity index (χ1n) is 11.1. The summed E-state index contributed by atoms with van der Waals surface area (Å²) >= 11 is 0. The third-order valence-electron chi connectivity index (χ3n) is 8.01. The predicted octanol–water partition coefficient (Wildman–Crippen LogP) is 1.72. The Morgan fingerprint density at radius 3 is 1.93 bits per heavy atom. The Labute approximate surface area is 178 Å². The fraction of sp³-hybridized carbons (Fsp3) is 0.727. The molecular formula is C22H34N6O2. The summed E-state index contributed by atoms with van der Waals surface area (Å²) in [6.07, 6.45) is 7.25. The third-order valence-corrected chi connectivity index (χ3v) is 8.01. The Balaban J connectivity index is 0.000000128. The maximum absolute atomic E-state index is 9.33. The summed E-state index contributed by atoms with van der Waals surface area (Å²) in [6, 6.07) is 2.42. The van der Waals surface area contributed by atoms with Crippen molar-refractivity contribution < 1.29 is 9.84 Å². The molecule has 0 aliphatic carbocycles. The van der Waals surface area contributed by atoms with E-state index < -0.39 is 0 Å². The van der Waals surface area contributed by atoms with Gasteiger partial charge in [0.1, 0.15) is 0 Å². The molecule has 8 nitrogen and oxygen atoms in total. The van der Waals surface area contributed by atoms with Gasteiger partial charge in [-0.05, 0) is 39.8 Å². The Morgan fingerprint density at radius 1 is 0.833 bits per heavy atom. The number of ether oxygens (including phenoxy) is 1. The molecule has 164 valence electrons. The van der Waals surface area contributed by atoms with E-state index in [1.807, 2.05) is 23.5 Å². The highest BCUT2D eigenvalue weighted by molar-refractivity contribution is 5.39. The molecule has 0 spiro atoms. The zero-order valence-electron chi connectivity index (χ0n) is 18.8. The molecule has 0 radical (unpaired) electrons. The minimum absolute atomic E-state index is 0.0676. The van der Waals surface area contributed by atoms with Gasteiger partial charge in [-0.1, -0.05) is 0 Å². The highest BCUT2D eigenvalue weighted by Crippen LogP contribution is 2.46. The summed E-state index contributed by atoms with van der Waals surface area (Å²) < 4.78 is 9.32. The monoisotopic (exact) mass is 414 g/mol. The smallest absolute Gasteiger partial charge is 0.237 e. The van der Waals surface area contributed by atoms with Crippen LogP contribution in [0.2, 0.25) is 0 Å². The highest BCUT2D eigenvalue weighted by Gasteiger charge is 2.42. The minimum atomic E-state index is 0.0676. The fourth-order valence-corrected chi connectivity index (χ4v) is 6.31. The molecule has 2 aromatic rings. The average Bonchev–Trinajstić information content (AvgIpc) is 3.36. The molecule has 2 aromatic heterocycles. The molecule has 4 aliphatic heterocycles. The van der Waals surface area contributed by atoms with Crippen LogP contribution in [0.25, 0.3) is 0 Å². The number of fused-ring (bicyclic) bond motifs is 8. The number of methoxy groups -OCH3 is 1. The van der Waals surface area contributed by atoms with Crippen molar-refractivity contribution in [3.63, 3.8) is 0 Å². The lowest BCUT2D eigenvalue weighted by molar-refractivity contribution is 0.216. The number of nitrogens with zero attached hydrogens (tertiary/aromatic N) is 6. The van der Waals surface area contributed by atoms with Gasteiger partial charge in [0.15, 0.2) is 0 Å². The normalized spacial score (nSPS) is 29.4. The molecule has 0 amide bonds. The molecule has 30 heavy (non-hydrogen) atoms. The molecule has 4 atom stereocenters. The quantitative estimate of drug-likeness (QED) is 0.807. The lowest BCUT2D eigenvalue weighted by atomic mass is 9.98. The van der Waals surface area contributed by atoms with Crippen molar-refractivity contribution in [2.75, 3.05) is 21.2 Å². The standard InChI is InChI=1S/2C11H17N3O/c1-13-7-4-5-8(13)10-9(6-7)14(2)12-11(10)15-3;1-13-7-3-4-9(13)11-8(6-15)12-14(2)10(11)5-7/h7-8H,4-6H2,1-3H3;7,9,15H,3-6H2,1-2H3. The van der Waals surface area contributed by atoms with Gasteiger partial charge < -0.3 is 9.84 Å². The van der Waals surface area contributed by atoms with Crippen molar-refractivity contribution in [2.24, 2.45) is 14.1 Å². The molecule has 4 bridgehead atoms. The van der Waals surface area contributed by atoms with Crippen molar-refractivity contribution in [1.82, 2.24) is 29.4 Å². The predicted molar refractivity (Wildman–Crippen MR) is 113 cm³/mol. The second-order valence-electron chi connectivity index (χ2n) is 9.32. The average molecular weight is 415 g/mol. The summed E-state index contributed by atoms with van der Waals surface area (Å²) in [5.41, 5.74) is 6.22. The number of likely N-dealkylation sites (N-methyl/N-ethyl adjacent to an activating group) is 2. The molecule has 4 aliphatic rings. The lowest BCUT2D eigenvalue weighted by Gasteiger charge is -2.31. The van der Waals surface area contributed by atoms with Crippen molar-refractivity contribution in [3.8, 4) is 5.88 Å². The van der Waals surface area contributed by atoms with Crippen LogP contribution in [0.3, 0.4) is 0 Å². The van der Waals surface area contributed by atoms with E-state index >= 15 is 0 Å². The first-order valence-corrected chi connectivity index (χ1v) is 11.1. The van der Waals surface area contributed by atoms with Crippen LogP contribution in [-0.4, -0.2) is 67.8 Å². The van der Waals surface area contributed by atoms with E-state index in [0.29, 0.717) is 24.2 Å². The first kappa shape index (κ1) is 20.0. The van der Waals surface area contributed by atoms with Gasteiger partial charge in [-0.25, -0.2) is 0 Å². The van der Waals surface area contributed by atoms with Crippen molar-refractivity contribution in [1.29, 1.82) is 0 Å². The Morgan fingerprint density at radius 2 is 1.37 bits per heavy atom. The number of hydrogen-bond acceptors (Lipinski definition) is 6. The van der Waals surface area contributed by atoms with Gasteiger partial charge in [0.2, 0.25) is 5.88 Å². The molecule has 1 N–H and O–H groups in total. The molecule has 6 rings (SSSR count). The molecule has 6 heterocycles. The Bertz CT molecular complexity index is 874. The number of rotatable bonds is 2. The van der Waals surface area contributed by atoms with E-state index in [4.69, 9.17) is 4.74 Å². The maximum Gasteiger partial charge on any atom is 0.237 e. The van der Waals surface area contributed by atoms with Crippen LogP contribution in [0, 0.1) is 0 Å². The van der Waals surface area contributed by atoms with Gasteiger partial charge in [0.05, 0.1) is 25.0 Å². The number of aromatic nitrogens is 4. The highest BCUT2D eigenvalue weighted by atomic mass is 16.5. The number of hydrogen-bond donors (Lipinski definition) is 1. The van der Waals surface area contributed by atoms with Gasteiger partial charge in [0, 0.05) is 68.1 Å². The third kappa shape index (κ3) is 2.84. The molecule has 0 saturated carbocycles. The SMILES string of the molecule is CN1C2CCC1c1c(CO)nn(C)c1C2.COc1nn(C)c2c1C1CCC(C2)N1C. The van der Waals surface area contributed by atoms with Gasteiger partial charge in [-0.15, -0.1) is 5.10 Å². The van der Waals surface area contributed by atoms with Crippen molar-refractivity contribution in [3.05, 3.63) is 28.2 Å². The first-order chi connectivity index (χ1) is 14.4. The molecule has 8 heteroatoms. The van der Waals surface area contributed by atoms with Crippen LogP contribution in [0.4, 0.5) is 0 Å². The van der Waals surface area contributed by atoms with Crippen molar-refractivity contribution >= 4 is 0 Å². The number of aryl methyl sites for hydroxylation is 2.